The van der Waals surface area contributed by atoms with Gasteiger partial charge in [0.1, 0.15) is 12.3 Å². The Bertz CT molecular complexity index is 1240. The molecule has 2 aliphatic rings. The zero-order chi connectivity index (χ0) is 26.3. The third-order valence-corrected chi connectivity index (χ3v) is 6.74. The van der Waals surface area contributed by atoms with E-state index in [0.29, 0.717) is 42.6 Å². The van der Waals surface area contributed by atoms with Crippen LogP contribution >= 0.6 is 0 Å². The lowest BCUT2D eigenvalue weighted by Crippen LogP contribution is -2.46. The topological polar surface area (TPSA) is 93.5 Å². The molecule has 3 aromatic rings. The fourth-order valence-electron chi connectivity index (χ4n) is 4.67. The molecule has 1 aromatic heterocycles. The summed E-state index contributed by atoms with van der Waals surface area (Å²) in [6, 6.07) is 16.7. The quantitative estimate of drug-likeness (QED) is 0.413. The van der Waals surface area contributed by atoms with Crippen molar-refractivity contribution in [2.45, 2.75) is 45.4 Å². The molecule has 0 spiro atoms. The molecule has 1 atom stereocenters. The lowest BCUT2D eigenvalue weighted by Gasteiger charge is -2.29. The predicted molar refractivity (Wildman–Crippen MR) is 141 cm³/mol. The first-order chi connectivity index (χ1) is 18.6. The number of anilines is 1. The summed E-state index contributed by atoms with van der Waals surface area (Å²) < 4.78 is 22.3. The molecule has 3 amide bonds. The van der Waals surface area contributed by atoms with Crippen LogP contribution in [-0.2, 0) is 29.0 Å². The number of aryl methyl sites for hydroxylation is 1. The standard InChI is InChI=1S/C29H33N3O6/c1-2-21-6-3-7-23(14-21)30-29(34)32(18-25-9-5-13-36-25)19-28(33)31(17-24-8-4-12-35-24)16-22-10-11-26-27(15-22)38-20-37-26/h3-4,6-8,10-12,14-15,25H,2,5,9,13,16-20H2,1H3,(H,30,34). The third kappa shape index (κ3) is 6.47. The SMILES string of the molecule is CCc1cccc(NC(=O)N(CC(=O)N(Cc2ccc3c(c2)OCO3)Cc2ccco2)CC2CCCO2)c1. The number of carbonyl (C=O) groups is 2. The molecular weight excluding hydrogens is 486 g/mol. The predicted octanol–water partition coefficient (Wildman–Crippen LogP) is 4.81. The van der Waals surface area contributed by atoms with E-state index < -0.39 is 0 Å². The molecule has 0 aliphatic carbocycles. The van der Waals surface area contributed by atoms with Gasteiger partial charge in [-0.3, -0.25) is 4.79 Å². The van der Waals surface area contributed by atoms with E-state index in [1.165, 1.54) is 0 Å². The minimum absolute atomic E-state index is 0.0928. The normalized spacial score (nSPS) is 15.9. The molecule has 5 rings (SSSR count). The number of rotatable bonds is 10. The summed E-state index contributed by atoms with van der Waals surface area (Å²) in [6.07, 6.45) is 4.16. The zero-order valence-corrected chi connectivity index (χ0v) is 21.6. The first-order valence-electron chi connectivity index (χ1n) is 13.0. The van der Waals surface area contributed by atoms with Crippen LogP contribution in [0.5, 0.6) is 11.5 Å². The molecule has 2 aliphatic heterocycles. The highest BCUT2D eigenvalue weighted by atomic mass is 16.7. The first kappa shape index (κ1) is 25.7. The molecule has 2 aromatic carbocycles. The van der Waals surface area contributed by atoms with Gasteiger partial charge in [-0.05, 0) is 66.8 Å². The number of amides is 3. The third-order valence-electron chi connectivity index (χ3n) is 6.74. The minimum Gasteiger partial charge on any atom is -0.467 e. The van der Waals surface area contributed by atoms with Gasteiger partial charge in [0.25, 0.3) is 0 Å². The van der Waals surface area contributed by atoms with Crippen molar-refractivity contribution in [3.63, 3.8) is 0 Å². The zero-order valence-electron chi connectivity index (χ0n) is 21.6. The summed E-state index contributed by atoms with van der Waals surface area (Å²) in [5.74, 6) is 1.80. The van der Waals surface area contributed by atoms with Gasteiger partial charge in [-0.15, -0.1) is 0 Å². The van der Waals surface area contributed by atoms with Crippen LogP contribution in [0.2, 0.25) is 0 Å². The number of nitrogens with one attached hydrogen (secondary N) is 1. The molecule has 0 bridgehead atoms. The highest BCUT2D eigenvalue weighted by Gasteiger charge is 2.27. The Balaban J connectivity index is 1.33. The van der Waals surface area contributed by atoms with Crippen LogP contribution in [0, 0.1) is 0 Å². The summed E-state index contributed by atoms with van der Waals surface area (Å²) in [4.78, 5) is 30.3. The van der Waals surface area contributed by atoms with Gasteiger partial charge in [0.15, 0.2) is 11.5 Å². The first-order valence-corrected chi connectivity index (χ1v) is 13.0. The van der Waals surface area contributed by atoms with Gasteiger partial charge in [0.2, 0.25) is 12.7 Å². The lowest BCUT2D eigenvalue weighted by atomic mass is 10.1. The van der Waals surface area contributed by atoms with E-state index in [2.05, 4.69) is 12.2 Å². The van der Waals surface area contributed by atoms with Crippen molar-refractivity contribution in [2.75, 3.05) is 31.8 Å². The van der Waals surface area contributed by atoms with Crippen molar-refractivity contribution in [1.29, 1.82) is 0 Å². The molecule has 3 heterocycles. The van der Waals surface area contributed by atoms with Crippen LogP contribution in [0.4, 0.5) is 10.5 Å². The number of nitrogens with zero attached hydrogens (tertiary/aromatic N) is 2. The highest BCUT2D eigenvalue weighted by Crippen LogP contribution is 2.33. The van der Waals surface area contributed by atoms with E-state index in [1.54, 1.807) is 22.1 Å². The number of furan rings is 1. The Kier molecular flexibility index (Phi) is 8.13. The number of benzene rings is 2. The second-order valence-corrected chi connectivity index (χ2v) is 9.52. The monoisotopic (exact) mass is 519 g/mol. The van der Waals surface area contributed by atoms with E-state index in [0.717, 1.165) is 30.4 Å². The van der Waals surface area contributed by atoms with Crippen LogP contribution in [-0.4, -0.2) is 54.3 Å². The van der Waals surface area contributed by atoms with E-state index in [1.807, 2.05) is 48.5 Å². The maximum absolute atomic E-state index is 13.7. The van der Waals surface area contributed by atoms with Crippen molar-refractivity contribution in [2.24, 2.45) is 0 Å². The Morgan fingerprint density at radius 2 is 1.87 bits per heavy atom. The Labute approximate surface area is 222 Å². The molecule has 9 nitrogen and oxygen atoms in total. The molecule has 1 saturated heterocycles. The van der Waals surface area contributed by atoms with Crippen molar-refractivity contribution in [3.8, 4) is 11.5 Å². The Morgan fingerprint density at radius 3 is 2.66 bits per heavy atom. The van der Waals surface area contributed by atoms with E-state index >= 15 is 0 Å². The maximum Gasteiger partial charge on any atom is 0.322 e. The second-order valence-electron chi connectivity index (χ2n) is 9.52. The average molecular weight is 520 g/mol. The van der Waals surface area contributed by atoms with E-state index in [9.17, 15) is 9.59 Å². The van der Waals surface area contributed by atoms with Gasteiger partial charge in [0.05, 0.1) is 18.9 Å². The second kappa shape index (κ2) is 12.0. The molecule has 200 valence electrons. The summed E-state index contributed by atoms with van der Waals surface area (Å²) >= 11 is 0. The minimum atomic E-state index is -0.330. The Hall–Kier alpha value is -3.98. The molecular formula is C29H33N3O6. The number of carbonyl (C=O) groups excluding carboxylic acids is 2. The van der Waals surface area contributed by atoms with Crippen LogP contribution in [0.15, 0.2) is 65.3 Å². The van der Waals surface area contributed by atoms with Gasteiger partial charge >= 0.3 is 6.03 Å². The molecule has 9 heteroatoms. The molecule has 38 heavy (non-hydrogen) atoms. The van der Waals surface area contributed by atoms with Gasteiger partial charge in [-0.25, -0.2) is 4.79 Å². The molecule has 1 N–H and O–H groups in total. The van der Waals surface area contributed by atoms with Crippen molar-refractivity contribution >= 4 is 17.6 Å². The van der Waals surface area contributed by atoms with Crippen molar-refractivity contribution in [1.82, 2.24) is 9.80 Å². The van der Waals surface area contributed by atoms with Crippen LogP contribution < -0.4 is 14.8 Å². The summed E-state index contributed by atoms with van der Waals surface area (Å²) in [5.41, 5.74) is 2.71. The maximum atomic E-state index is 13.7. The van der Waals surface area contributed by atoms with Crippen molar-refractivity contribution < 1.29 is 28.2 Å². The fraction of sp³-hybridized carbons (Fsp3) is 0.379. The summed E-state index contributed by atoms with van der Waals surface area (Å²) in [6.45, 7) is 3.76. The number of ether oxygens (including phenoxy) is 3. The van der Waals surface area contributed by atoms with Gasteiger partial charge in [-0.2, -0.15) is 0 Å². The summed E-state index contributed by atoms with van der Waals surface area (Å²) in [7, 11) is 0. The van der Waals surface area contributed by atoms with Crippen LogP contribution in [0.3, 0.4) is 0 Å². The fourth-order valence-corrected chi connectivity index (χ4v) is 4.67. The average Bonchev–Trinajstić information content (AvgIpc) is 3.71. The number of hydrogen-bond acceptors (Lipinski definition) is 6. The van der Waals surface area contributed by atoms with Gasteiger partial charge in [0, 0.05) is 25.4 Å². The van der Waals surface area contributed by atoms with Crippen LogP contribution in [0.25, 0.3) is 0 Å². The number of fused-ring (bicyclic) bond motifs is 1. The number of urea groups is 1. The molecule has 1 fully saturated rings. The summed E-state index contributed by atoms with van der Waals surface area (Å²) in [5, 5.41) is 2.97. The number of hydrogen-bond donors (Lipinski definition) is 1. The molecule has 0 radical (unpaired) electrons. The smallest absolute Gasteiger partial charge is 0.322 e. The van der Waals surface area contributed by atoms with Crippen molar-refractivity contribution in [3.05, 3.63) is 77.7 Å². The van der Waals surface area contributed by atoms with Crippen LogP contribution in [0.1, 0.15) is 36.7 Å². The Morgan fingerprint density at radius 1 is 0.974 bits per heavy atom. The highest BCUT2D eigenvalue weighted by molar-refractivity contribution is 5.92. The van der Waals surface area contributed by atoms with E-state index in [4.69, 9.17) is 18.6 Å². The molecule has 1 unspecified atom stereocenters. The lowest BCUT2D eigenvalue weighted by molar-refractivity contribution is -0.133. The molecule has 0 saturated carbocycles. The van der Waals surface area contributed by atoms with E-state index in [-0.39, 0.29) is 37.9 Å². The van der Waals surface area contributed by atoms with Gasteiger partial charge in [-0.1, -0.05) is 25.1 Å². The van der Waals surface area contributed by atoms with Gasteiger partial charge < -0.3 is 33.7 Å². The largest absolute Gasteiger partial charge is 0.467 e.